The number of halogens is 5. The van der Waals surface area contributed by atoms with E-state index in [2.05, 4.69) is 15.9 Å². The third-order valence-electron chi connectivity index (χ3n) is 1.66. The summed E-state index contributed by atoms with van der Waals surface area (Å²) >= 11 is 2.18. The van der Waals surface area contributed by atoms with Crippen molar-refractivity contribution >= 4 is 47.4 Å². The van der Waals surface area contributed by atoms with Gasteiger partial charge in [0.1, 0.15) is 6.07 Å². The Hall–Kier alpha value is -0.430. The summed E-state index contributed by atoms with van der Waals surface area (Å²) in [4.78, 5) is -1.49. The van der Waals surface area contributed by atoms with Crippen LogP contribution in [0.4, 0.5) is 13.2 Å². The minimum Gasteiger partial charge on any atom is -0.207 e. The third kappa shape index (κ3) is 3.78. The summed E-state index contributed by atoms with van der Waals surface area (Å²) in [6, 6.07) is 3.56. The third-order valence-corrected chi connectivity index (χ3v) is 4.68. The molecule has 1 aromatic carbocycles. The molecular weight excluding hydrogens is 379 g/mol. The first-order chi connectivity index (χ1) is 8.06. The van der Waals surface area contributed by atoms with Gasteiger partial charge in [-0.15, -0.1) is 0 Å². The van der Waals surface area contributed by atoms with Gasteiger partial charge in [-0.1, -0.05) is 0 Å². The van der Waals surface area contributed by atoms with Gasteiger partial charge in [0.2, 0.25) is 0 Å². The minimum atomic E-state index is -4.73. The lowest BCUT2D eigenvalue weighted by atomic mass is 10.2. The van der Waals surface area contributed by atoms with E-state index in [0.29, 0.717) is 0 Å². The number of thioether (sulfide) groups is 1. The summed E-state index contributed by atoms with van der Waals surface area (Å²) in [7, 11) is 0.665. The van der Waals surface area contributed by atoms with Crippen LogP contribution in [0.15, 0.2) is 26.4 Å². The number of alkyl halides is 3. The normalized spacial score (nSPS) is 12.2. The number of hydrogen-bond acceptors (Lipinski definition) is 4. The van der Waals surface area contributed by atoms with Crippen molar-refractivity contribution in [3.05, 3.63) is 22.2 Å². The summed E-state index contributed by atoms with van der Waals surface area (Å²) in [6.07, 6.45) is 0. The van der Waals surface area contributed by atoms with Gasteiger partial charge in [-0.2, -0.15) is 18.4 Å². The molecule has 0 radical (unpaired) electrons. The molecule has 0 aliphatic carbocycles. The van der Waals surface area contributed by atoms with Crippen molar-refractivity contribution in [2.75, 3.05) is 0 Å². The summed E-state index contributed by atoms with van der Waals surface area (Å²) in [5.41, 5.74) is -5.16. The fraction of sp³-hybridized carbons (Fsp3) is 0.125. The molecule has 0 aromatic heterocycles. The first-order valence-electron chi connectivity index (χ1n) is 3.99. The second-order valence-corrected chi connectivity index (χ2v) is 7.31. The zero-order valence-corrected chi connectivity index (χ0v) is 12.1. The Morgan fingerprint density at radius 1 is 1.39 bits per heavy atom. The van der Waals surface area contributed by atoms with Crippen LogP contribution in [0.2, 0.25) is 0 Å². The predicted molar refractivity (Wildman–Crippen MR) is 63.8 cm³/mol. The maximum atomic E-state index is 12.4. The van der Waals surface area contributed by atoms with E-state index < -0.39 is 41.7 Å². The summed E-state index contributed by atoms with van der Waals surface area (Å²) in [5, 5.41) is 8.79. The number of hydrogen-bond donors (Lipinski definition) is 0. The Morgan fingerprint density at radius 3 is 2.33 bits per heavy atom. The Labute approximate surface area is 117 Å². The average Bonchev–Trinajstić information content (AvgIpc) is 2.13. The Kier molecular flexibility index (Phi) is 4.59. The fourth-order valence-electron chi connectivity index (χ4n) is 1.05. The molecule has 0 fully saturated rings. The fourth-order valence-corrected chi connectivity index (χ4v) is 3.79. The van der Waals surface area contributed by atoms with Crippen molar-refractivity contribution in [2.24, 2.45) is 0 Å². The Balaban J connectivity index is 3.62. The van der Waals surface area contributed by atoms with Crippen LogP contribution in [-0.4, -0.2) is 13.9 Å². The molecule has 0 aliphatic rings. The lowest BCUT2D eigenvalue weighted by molar-refractivity contribution is -0.0329. The highest BCUT2D eigenvalue weighted by atomic mass is 79.9. The van der Waals surface area contributed by atoms with Gasteiger partial charge in [0.05, 0.1) is 15.4 Å². The largest absolute Gasteiger partial charge is 0.446 e. The molecule has 0 atom stereocenters. The quantitative estimate of drug-likeness (QED) is 0.577. The van der Waals surface area contributed by atoms with E-state index in [-0.39, 0.29) is 4.47 Å². The second-order valence-electron chi connectivity index (χ2n) is 2.85. The highest BCUT2D eigenvalue weighted by molar-refractivity contribution is 9.10. The van der Waals surface area contributed by atoms with Gasteiger partial charge in [-0.05, 0) is 39.8 Å². The second kappa shape index (κ2) is 5.28. The predicted octanol–water partition coefficient (Wildman–Crippen LogP) is 3.86. The molecule has 0 aliphatic heterocycles. The zero-order valence-electron chi connectivity index (χ0n) is 8.12. The van der Waals surface area contributed by atoms with Gasteiger partial charge in [0.25, 0.3) is 9.05 Å². The molecule has 1 aromatic rings. The molecule has 0 saturated heterocycles. The van der Waals surface area contributed by atoms with E-state index in [1.165, 1.54) is 6.07 Å². The summed E-state index contributed by atoms with van der Waals surface area (Å²) in [5.74, 6) is 0. The van der Waals surface area contributed by atoms with E-state index in [1.807, 2.05) is 0 Å². The number of nitriles is 1. The summed E-state index contributed by atoms with van der Waals surface area (Å²) in [6.45, 7) is 0. The maximum absolute atomic E-state index is 12.4. The van der Waals surface area contributed by atoms with Crippen LogP contribution in [0.5, 0.6) is 0 Å². The van der Waals surface area contributed by atoms with Crippen LogP contribution in [0.25, 0.3) is 0 Å². The molecule has 0 bridgehead atoms. The lowest BCUT2D eigenvalue weighted by Gasteiger charge is -2.11. The lowest BCUT2D eigenvalue weighted by Crippen LogP contribution is -2.04. The number of rotatable bonds is 2. The molecule has 0 saturated carbocycles. The van der Waals surface area contributed by atoms with E-state index in [1.54, 1.807) is 0 Å². The van der Waals surface area contributed by atoms with Gasteiger partial charge >= 0.3 is 5.51 Å². The number of benzene rings is 1. The van der Waals surface area contributed by atoms with Gasteiger partial charge in [-0.25, -0.2) is 8.42 Å². The van der Waals surface area contributed by atoms with Gasteiger partial charge in [0.15, 0.2) is 0 Å². The Morgan fingerprint density at radius 2 is 1.94 bits per heavy atom. The van der Waals surface area contributed by atoms with E-state index in [4.69, 9.17) is 15.9 Å². The van der Waals surface area contributed by atoms with Crippen molar-refractivity contribution in [2.45, 2.75) is 15.3 Å². The van der Waals surface area contributed by atoms with Crippen LogP contribution in [-0.2, 0) is 9.05 Å². The molecule has 1 rings (SSSR count). The van der Waals surface area contributed by atoms with Crippen molar-refractivity contribution in [3.63, 3.8) is 0 Å². The van der Waals surface area contributed by atoms with Crippen molar-refractivity contribution < 1.29 is 21.6 Å². The molecular formula is C8H2BrClF3NO2S2. The summed E-state index contributed by atoms with van der Waals surface area (Å²) < 4.78 is 59.5. The van der Waals surface area contributed by atoms with Gasteiger partial charge in [0, 0.05) is 15.2 Å². The first kappa shape index (κ1) is 15.6. The molecule has 3 nitrogen and oxygen atoms in total. The smallest absolute Gasteiger partial charge is 0.207 e. The van der Waals surface area contributed by atoms with Crippen LogP contribution in [0, 0.1) is 11.3 Å². The number of nitrogens with zero attached hydrogens (tertiary/aromatic N) is 1. The highest BCUT2D eigenvalue weighted by Gasteiger charge is 2.34. The molecule has 18 heavy (non-hydrogen) atoms. The molecule has 0 unspecified atom stereocenters. The van der Waals surface area contributed by atoms with Crippen LogP contribution < -0.4 is 0 Å². The molecule has 0 heterocycles. The first-order valence-corrected chi connectivity index (χ1v) is 7.91. The monoisotopic (exact) mass is 379 g/mol. The minimum absolute atomic E-state index is 0.0563. The highest BCUT2D eigenvalue weighted by Crippen LogP contribution is 2.44. The van der Waals surface area contributed by atoms with Crippen LogP contribution in [0.1, 0.15) is 5.56 Å². The van der Waals surface area contributed by atoms with Gasteiger partial charge in [-0.3, -0.25) is 0 Å². The molecule has 0 spiro atoms. The molecule has 0 amide bonds. The zero-order chi connectivity index (χ0) is 14.1. The van der Waals surface area contributed by atoms with E-state index in [9.17, 15) is 21.6 Å². The van der Waals surface area contributed by atoms with Gasteiger partial charge < -0.3 is 0 Å². The van der Waals surface area contributed by atoms with Crippen molar-refractivity contribution in [3.8, 4) is 6.07 Å². The topological polar surface area (TPSA) is 57.9 Å². The van der Waals surface area contributed by atoms with Crippen molar-refractivity contribution in [1.29, 1.82) is 5.26 Å². The standard InChI is InChI=1S/C8H2BrClF3NO2S2/c9-5-1-2-6(18(10,15)16)7(4(5)3-14)17-8(11,12)13/h1-2H. The van der Waals surface area contributed by atoms with Crippen LogP contribution >= 0.6 is 38.4 Å². The van der Waals surface area contributed by atoms with Crippen molar-refractivity contribution in [1.82, 2.24) is 0 Å². The molecule has 10 heteroatoms. The SMILES string of the molecule is N#Cc1c(Br)ccc(S(=O)(=O)Cl)c1SC(F)(F)F. The van der Waals surface area contributed by atoms with E-state index >= 15 is 0 Å². The maximum Gasteiger partial charge on any atom is 0.446 e. The van der Waals surface area contributed by atoms with Crippen LogP contribution in [0.3, 0.4) is 0 Å². The molecule has 0 N–H and O–H groups in total. The van der Waals surface area contributed by atoms with E-state index in [0.717, 1.165) is 12.1 Å². The molecule has 98 valence electrons. The average molecular weight is 381 g/mol. The Bertz CT molecular complexity index is 624.